The van der Waals surface area contributed by atoms with Crippen molar-refractivity contribution in [2.75, 3.05) is 13.2 Å². The van der Waals surface area contributed by atoms with E-state index in [1.54, 1.807) is 6.92 Å². The summed E-state index contributed by atoms with van der Waals surface area (Å²) >= 11 is 0. The summed E-state index contributed by atoms with van der Waals surface area (Å²) in [6, 6.07) is 9.29. The summed E-state index contributed by atoms with van der Waals surface area (Å²) in [5, 5.41) is 3.74. The molecule has 0 spiro atoms. The van der Waals surface area contributed by atoms with Gasteiger partial charge in [0.2, 0.25) is 0 Å². The van der Waals surface area contributed by atoms with Gasteiger partial charge in [0.15, 0.2) is 0 Å². The van der Waals surface area contributed by atoms with Gasteiger partial charge in [-0.3, -0.25) is 19.1 Å². The highest BCUT2D eigenvalue weighted by atomic mass is 16.6. The van der Waals surface area contributed by atoms with Crippen LogP contribution in [0.1, 0.15) is 82.4 Å². The van der Waals surface area contributed by atoms with Crippen LogP contribution in [0.15, 0.2) is 51.2 Å². The standard InChI is InChI=1S/C28H39N5O6/c1-21-19-33(28(36)30-27(21)35)25-18-23(31-32-29)24(39-25)20-38-26(34)16-12-7-5-3-2-4-6-8-13-17-37-22-14-10-9-11-15-22/h9-11,14-15,19,23-25H,2-8,12-13,16-18,20H2,1H3,(H,30,35,36)/t23-,24+,25+/m0/s1. The minimum absolute atomic E-state index is 0.0630. The lowest BCUT2D eigenvalue weighted by Crippen LogP contribution is -2.33. The normalized spacial score (nSPS) is 18.4. The number of aromatic amines is 1. The van der Waals surface area contributed by atoms with Crippen molar-refractivity contribution in [1.82, 2.24) is 9.55 Å². The van der Waals surface area contributed by atoms with Gasteiger partial charge >= 0.3 is 11.7 Å². The fourth-order valence-electron chi connectivity index (χ4n) is 4.59. The van der Waals surface area contributed by atoms with Gasteiger partial charge in [0.05, 0.1) is 12.6 Å². The van der Waals surface area contributed by atoms with Gasteiger partial charge in [0.25, 0.3) is 5.56 Å². The van der Waals surface area contributed by atoms with Crippen LogP contribution in [0.3, 0.4) is 0 Å². The molecule has 3 atom stereocenters. The molecule has 39 heavy (non-hydrogen) atoms. The number of ether oxygens (including phenoxy) is 3. The van der Waals surface area contributed by atoms with E-state index < -0.39 is 29.6 Å². The minimum atomic E-state index is -0.727. The van der Waals surface area contributed by atoms with E-state index in [9.17, 15) is 14.4 Å². The van der Waals surface area contributed by atoms with Crippen LogP contribution in [0.4, 0.5) is 0 Å². The molecule has 0 radical (unpaired) electrons. The molecule has 1 aromatic carbocycles. The van der Waals surface area contributed by atoms with Gasteiger partial charge in [-0.15, -0.1) is 0 Å². The maximum Gasteiger partial charge on any atom is 0.330 e. The number of aromatic nitrogens is 2. The highest BCUT2D eigenvalue weighted by molar-refractivity contribution is 5.69. The Morgan fingerprint density at radius 2 is 1.74 bits per heavy atom. The Bertz CT molecular complexity index is 1190. The number of nitrogens with one attached hydrogen (secondary N) is 1. The number of nitrogens with zero attached hydrogens (tertiary/aromatic N) is 4. The number of aryl methyl sites for hydroxylation is 1. The number of H-pyrrole nitrogens is 1. The highest BCUT2D eigenvalue weighted by Crippen LogP contribution is 2.30. The number of hydrogen-bond acceptors (Lipinski definition) is 7. The second-order valence-corrected chi connectivity index (χ2v) is 9.89. The minimum Gasteiger partial charge on any atom is -0.494 e. The highest BCUT2D eigenvalue weighted by Gasteiger charge is 2.37. The molecule has 0 amide bonds. The Morgan fingerprint density at radius 1 is 1.08 bits per heavy atom. The van der Waals surface area contributed by atoms with Crippen molar-refractivity contribution in [3.05, 3.63) is 73.4 Å². The van der Waals surface area contributed by atoms with Crippen molar-refractivity contribution in [2.24, 2.45) is 5.11 Å². The zero-order valence-electron chi connectivity index (χ0n) is 22.6. The summed E-state index contributed by atoms with van der Waals surface area (Å²) < 4.78 is 18.2. The Labute approximate surface area is 228 Å². The van der Waals surface area contributed by atoms with Crippen molar-refractivity contribution in [3.63, 3.8) is 0 Å². The maximum absolute atomic E-state index is 12.2. The number of benzene rings is 1. The van der Waals surface area contributed by atoms with E-state index in [4.69, 9.17) is 19.7 Å². The summed E-state index contributed by atoms with van der Waals surface area (Å²) in [5.74, 6) is 0.603. The largest absolute Gasteiger partial charge is 0.494 e. The molecule has 11 heteroatoms. The first-order chi connectivity index (χ1) is 19.0. The van der Waals surface area contributed by atoms with Crippen LogP contribution in [-0.2, 0) is 14.3 Å². The molecular formula is C28H39N5O6. The quantitative estimate of drug-likeness (QED) is 0.0940. The molecule has 0 aliphatic carbocycles. The molecule has 212 valence electrons. The number of rotatable bonds is 17. The number of carbonyl (C=O) groups is 1. The van der Waals surface area contributed by atoms with Gasteiger partial charge < -0.3 is 14.2 Å². The van der Waals surface area contributed by atoms with Crippen LogP contribution < -0.4 is 16.0 Å². The van der Waals surface area contributed by atoms with E-state index in [1.807, 2.05) is 30.3 Å². The van der Waals surface area contributed by atoms with Crippen molar-refractivity contribution < 1.29 is 19.0 Å². The third kappa shape index (κ3) is 10.3. The van der Waals surface area contributed by atoms with Crippen molar-refractivity contribution >= 4 is 5.97 Å². The van der Waals surface area contributed by atoms with Crippen LogP contribution >= 0.6 is 0 Å². The Balaban J connectivity index is 1.23. The van der Waals surface area contributed by atoms with Crippen LogP contribution in [0.25, 0.3) is 10.4 Å². The van der Waals surface area contributed by atoms with Gasteiger partial charge in [-0.25, -0.2) is 4.79 Å². The summed E-state index contributed by atoms with van der Waals surface area (Å²) in [6.07, 6.45) is 10.4. The van der Waals surface area contributed by atoms with Gasteiger partial charge in [-0.2, -0.15) is 0 Å². The fourth-order valence-corrected chi connectivity index (χ4v) is 4.59. The summed E-state index contributed by atoms with van der Waals surface area (Å²) in [5.41, 5.74) is 8.18. The van der Waals surface area contributed by atoms with Gasteiger partial charge in [0, 0.05) is 29.5 Å². The number of hydrogen-bond donors (Lipinski definition) is 1. The molecule has 2 aromatic rings. The molecular weight excluding hydrogens is 502 g/mol. The van der Waals surface area contributed by atoms with E-state index in [0.717, 1.165) is 44.5 Å². The monoisotopic (exact) mass is 541 g/mol. The predicted octanol–water partition coefficient (Wildman–Crippen LogP) is 5.33. The third-order valence-corrected chi connectivity index (χ3v) is 6.81. The van der Waals surface area contributed by atoms with E-state index in [0.29, 0.717) is 12.0 Å². The number of unbranched alkanes of at least 4 members (excludes halogenated alkanes) is 8. The molecule has 2 heterocycles. The van der Waals surface area contributed by atoms with E-state index in [-0.39, 0.29) is 19.0 Å². The van der Waals surface area contributed by atoms with Crippen LogP contribution in [0.2, 0.25) is 0 Å². The average molecular weight is 542 g/mol. The molecule has 11 nitrogen and oxygen atoms in total. The summed E-state index contributed by atoms with van der Waals surface area (Å²) in [6.45, 7) is 2.28. The van der Waals surface area contributed by atoms with Crippen LogP contribution in [0, 0.1) is 6.92 Å². The molecule has 3 rings (SSSR count). The first-order valence-electron chi connectivity index (χ1n) is 13.8. The second-order valence-electron chi connectivity index (χ2n) is 9.89. The molecule has 1 aliphatic rings. The zero-order valence-corrected chi connectivity index (χ0v) is 22.6. The Hall–Kier alpha value is -3.56. The molecule has 1 fully saturated rings. The fraction of sp³-hybridized carbons (Fsp3) is 0.607. The van der Waals surface area contributed by atoms with E-state index in [2.05, 4.69) is 15.0 Å². The molecule has 0 unspecified atom stereocenters. The van der Waals surface area contributed by atoms with E-state index in [1.165, 1.54) is 36.4 Å². The number of para-hydroxylation sites is 1. The Morgan fingerprint density at radius 3 is 2.44 bits per heavy atom. The SMILES string of the molecule is Cc1cn([C@H]2C[C@H](N=[N+]=[N-])[C@@H](COC(=O)CCCCCCCCCCCOc3ccccc3)O2)c(=O)[nH]c1=O. The lowest BCUT2D eigenvalue weighted by atomic mass is 10.1. The first-order valence-corrected chi connectivity index (χ1v) is 13.8. The van der Waals surface area contributed by atoms with Crippen molar-refractivity contribution in [1.29, 1.82) is 0 Å². The zero-order chi connectivity index (χ0) is 27.9. The molecule has 0 bridgehead atoms. The van der Waals surface area contributed by atoms with Crippen molar-refractivity contribution in [2.45, 2.75) is 95.9 Å². The van der Waals surface area contributed by atoms with E-state index >= 15 is 0 Å². The predicted molar refractivity (Wildman–Crippen MR) is 147 cm³/mol. The molecule has 1 aliphatic heterocycles. The molecule has 1 N–H and O–H groups in total. The number of carbonyl (C=O) groups excluding carboxylic acids is 1. The number of esters is 1. The topological polar surface area (TPSA) is 148 Å². The van der Waals surface area contributed by atoms with Gasteiger partial charge in [-0.1, -0.05) is 68.3 Å². The molecule has 1 saturated heterocycles. The molecule has 0 saturated carbocycles. The first kappa shape index (κ1) is 30.0. The second kappa shape index (κ2) is 16.4. The third-order valence-electron chi connectivity index (χ3n) is 6.81. The lowest BCUT2D eigenvalue weighted by Gasteiger charge is -2.17. The smallest absolute Gasteiger partial charge is 0.330 e. The Kier molecular flexibility index (Phi) is 12.6. The van der Waals surface area contributed by atoms with Crippen LogP contribution in [-0.4, -0.2) is 40.9 Å². The maximum atomic E-state index is 12.2. The molecule has 1 aromatic heterocycles. The summed E-state index contributed by atoms with van der Waals surface area (Å²) in [7, 11) is 0. The van der Waals surface area contributed by atoms with Gasteiger partial charge in [0.1, 0.15) is 24.7 Å². The number of azide groups is 1. The van der Waals surface area contributed by atoms with Crippen LogP contribution in [0.5, 0.6) is 5.75 Å². The van der Waals surface area contributed by atoms with Crippen molar-refractivity contribution in [3.8, 4) is 5.75 Å². The lowest BCUT2D eigenvalue weighted by molar-refractivity contribution is -0.148. The summed E-state index contributed by atoms with van der Waals surface area (Å²) in [4.78, 5) is 41.1. The van der Waals surface area contributed by atoms with Gasteiger partial charge in [-0.05, 0) is 37.4 Å². The average Bonchev–Trinajstić information content (AvgIpc) is 3.33.